The van der Waals surface area contributed by atoms with Crippen LogP contribution in [0, 0.1) is 5.92 Å². The smallest absolute Gasteiger partial charge is 0.223 e. The van der Waals surface area contributed by atoms with Crippen LogP contribution in [0.4, 0.5) is 0 Å². The van der Waals surface area contributed by atoms with Crippen LogP contribution < -0.4 is 0 Å². The number of nitrogens with zero attached hydrogens (tertiary/aromatic N) is 1. The van der Waals surface area contributed by atoms with E-state index in [-0.39, 0.29) is 0 Å². The first-order valence-corrected chi connectivity index (χ1v) is 5.13. The molecule has 2 heterocycles. The van der Waals surface area contributed by atoms with E-state index in [4.69, 9.17) is 0 Å². The van der Waals surface area contributed by atoms with E-state index in [1.54, 1.807) is 0 Å². The lowest BCUT2D eigenvalue weighted by Gasteiger charge is -2.31. The molecule has 1 spiro atoms. The quantitative estimate of drug-likeness (QED) is 0.533. The Morgan fingerprint density at radius 2 is 2.17 bits per heavy atom. The van der Waals surface area contributed by atoms with Gasteiger partial charge in [-0.25, -0.2) is 0 Å². The molecule has 0 N–H and O–H groups in total. The maximum absolute atomic E-state index is 11.6. The van der Waals surface area contributed by atoms with Gasteiger partial charge in [-0.05, 0) is 31.6 Å². The molecule has 1 saturated carbocycles. The van der Waals surface area contributed by atoms with Crippen molar-refractivity contribution in [1.29, 1.82) is 0 Å². The number of carbonyl (C=O) groups is 1. The SMILES string of the molecule is O=C1C[C@H]2CCC[C@]23CCCN13. The first-order valence-electron chi connectivity index (χ1n) is 5.13. The van der Waals surface area contributed by atoms with E-state index >= 15 is 0 Å². The fraction of sp³-hybridized carbons (Fsp3) is 0.900. The van der Waals surface area contributed by atoms with Crippen LogP contribution >= 0.6 is 0 Å². The van der Waals surface area contributed by atoms with Crippen LogP contribution in [0.15, 0.2) is 0 Å². The Morgan fingerprint density at radius 1 is 1.33 bits per heavy atom. The molecular formula is C10H15NO. The third-order valence-corrected chi connectivity index (χ3v) is 4.17. The summed E-state index contributed by atoms with van der Waals surface area (Å²) in [5, 5.41) is 0. The van der Waals surface area contributed by atoms with Crippen LogP contribution in [-0.2, 0) is 4.79 Å². The molecule has 0 aromatic carbocycles. The number of amides is 1. The molecule has 2 atom stereocenters. The molecule has 3 rings (SSSR count). The Labute approximate surface area is 72.9 Å². The minimum atomic E-state index is 0.372. The summed E-state index contributed by atoms with van der Waals surface area (Å²) in [6.45, 7) is 1.05. The molecule has 1 amide bonds. The highest BCUT2D eigenvalue weighted by Crippen LogP contribution is 2.53. The van der Waals surface area contributed by atoms with Crippen LogP contribution in [-0.4, -0.2) is 22.9 Å². The second-order valence-electron chi connectivity index (χ2n) is 4.55. The molecule has 2 nitrogen and oxygen atoms in total. The normalized spacial score (nSPS) is 45.2. The van der Waals surface area contributed by atoms with Gasteiger partial charge in [0, 0.05) is 18.5 Å². The Balaban J connectivity index is 2.03. The summed E-state index contributed by atoms with van der Waals surface area (Å²) in [7, 11) is 0. The number of carbonyl (C=O) groups excluding carboxylic acids is 1. The average molecular weight is 165 g/mol. The predicted molar refractivity (Wildman–Crippen MR) is 45.6 cm³/mol. The maximum atomic E-state index is 11.6. The van der Waals surface area contributed by atoms with Gasteiger partial charge >= 0.3 is 0 Å². The molecule has 1 aliphatic carbocycles. The van der Waals surface area contributed by atoms with Crippen LogP contribution in [0.1, 0.15) is 38.5 Å². The Hall–Kier alpha value is -0.530. The molecular weight excluding hydrogens is 150 g/mol. The lowest BCUT2D eigenvalue weighted by molar-refractivity contribution is -0.129. The summed E-state index contributed by atoms with van der Waals surface area (Å²) in [5.74, 6) is 1.17. The highest BCUT2D eigenvalue weighted by atomic mass is 16.2. The van der Waals surface area contributed by atoms with E-state index in [9.17, 15) is 4.79 Å². The highest BCUT2D eigenvalue weighted by molar-refractivity contribution is 5.81. The Kier molecular flexibility index (Phi) is 1.18. The molecule has 3 aliphatic rings. The molecule has 3 fully saturated rings. The molecule has 2 aliphatic heterocycles. The highest BCUT2D eigenvalue weighted by Gasteiger charge is 2.56. The van der Waals surface area contributed by atoms with Crippen LogP contribution in [0.25, 0.3) is 0 Å². The van der Waals surface area contributed by atoms with Crippen LogP contribution in [0.5, 0.6) is 0 Å². The number of rotatable bonds is 0. The van der Waals surface area contributed by atoms with Gasteiger partial charge in [-0.3, -0.25) is 4.79 Å². The predicted octanol–water partition coefficient (Wildman–Crippen LogP) is 1.55. The molecule has 0 radical (unpaired) electrons. The van der Waals surface area contributed by atoms with E-state index in [2.05, 4.69) is 4.90 Å². The average Bonchev–Trinajstić information content (AvgIpc) is 2.63. The van der Waals surface area contributed by atoms with E-state index in [1.807, 2.05) is 0 Å². The zero-order valence-electron chi connectivity index (χ0n) is 7.38. The van der Waals surface area contributed by atoms with Gasteiger partial charge < -0.3 is 4.90 Å². The van der Waals surface area contributed by atoms with Crippen molar-refractivity contribution < 1.29 is 4.79 Å². The lowest BCUT2D eigenvalue weighted by Crippen LogP contribution is -2.41. The van der Waals surface area contributed by atoms with Crippen molar-refractivity contribution in [1.82, 2.24) is 4.90 Å². The Bertz CT molecular complexity index is 234. The minimum absolute atomic E-state index is 0.372. The van der Waals surface area contributed by atoms with Gasteiger partial charge in [0.15, 0.2) is 0 Å². The summed E-state index contributed by atoms with van der Waals surface area (Å²) >= 11 is 0. The van der Waals surface area contributed by atoms with Gasteiger partial charge in [-0.1, -0.05) is 6.42 Å². The first-order chi connectivity index (χ1) is 5.83. The van der Waals surface area contributed by atoms with Crippen LogP contribution in [0.3, 0.4) is 0 Å². The third-order valence-electron chi connectivity index (χ3n) is 4.17. The number of hydrogen-bond donors (Lipinski definition) is 0. The molecule has 0 aromatic heterocycles. The fourth-order valence-electron chi connectivity index (χ4n) is 3.70. The lowest BCUT2D eigenvalue weighted by atomic mass is 9.86. The summed E-state index contributed by atoms with van der Waals surface area (Å²) < 4.78 is 0. The number of hydrogen-bond acceptors (Lipinski definition) is 1. The monoisotopic (exact) mass is 165 g/mol. The summed E-state index contributed by atoms with van der Waals surface area (Å²) in [4.78, 5) is 13.8. The maximum Gasteiger partial charge on any atom is 0.223 e. The van der Waals surface area contributed by atoms with Gasteiger partial charge in [-0.2, -0.15) is 0 Å². The summed E-state index contributed by atoms with van der Waals surface area (Å²) in [6.07, 6.45) is 7.37. The van der Waals surface area contributed by atoms with Gasteiger partial charge in [-0.15, -0.1) is 0 Å². The van der Waals surface area contributed by atoms with Gasteiger partial charge in [0.05, 0.1) is 0 Å². The molecule has 0 aromatic rings. The molecule has 2 heteroatoms. The van der Waals surface area contributed by atoms with Crippen LogP contribution in [0.2, 0.25) is 0 Å². The van der Waals surface area contributed by atoms with Crippen molar-refractivity contribution >= 4 is 5.91 Å². The second kappa shape index (κ2) is 2.04. The second-order valence-corrected chi connectivity index (χ2v) is 4.55. The van der Waals surface area contributed by atoms with Gasteiger partial charge in [0.2, 0.25) is 5.91 Å². The molecule has 12 heavy (non-hydrogen) atoms. The Morgan fingerprint density at radius 3 is 3.08 bits per heavy atom. The van der Waals surface area contributed by atoms with Crippen molar-refractivity contribution in [2.75, 3.05) is 6.54 Å². The van der Waals surface area contributed by atoms with Crippen molar-refractivity contribution in [3.05, 3.63) is 0 Å². The molecule has 0 unspecified atom stereocenters. The van der Waals surface area contributed by atoms with Crippen molar-refractivity contribution in [2.24, 2.45) is 5.92 Å². The minimum Gasteiger partial charge on any atom is -0.337 e. The zero-order chi connectivity index (χ0) is 8.18. The molecule has 0 bridgehead atoms. The van der Waals surface area contributed by atoms with E-state index in [0.717, 1.165) is 18.9 Å². The third kappa shape index (κ3) is 0.606. The topological polar surface area (TPSA) is 20.3 Å². The summed E-state index contributed by atoms with van der Waals surface area (Å²) in [5.41, 5.74) is 0.372. The van der Waals surface area contributed by atoms with E-state index < -0.39 is 0 Å². The van der Waals surface area contributed by atoms with E-state index in [1.165, 1.54) is 32.1 Å². The van der Waals surface area contributed by atoms with Gasteiger partial charge in [0.25, 0.3) is 0 Å². The standard InChI is InChI=1S/C10H15NO/c12-9-7-8-3-1-4-10(8)5-2-6-11(9)10/h8H,1-7H2/t8-,10+/m1/s1. The van der Waals surface area contributed by atoms with Gasteiger partial charge in [0.1, 0.15) is 0 Å². The fourth-order valence-corrected chi connectivity index (χ4v) is 3.70. The largest absolute Gasteiger partial charge is 0.337 e. The molecule has 66 valence electrons. The van der Waals surface area contributed by atoms with Crippen molar-refractivity contribution in [2.45, 2.75) is 44.1 Å². The summed E-state index contributed by atoms with van der Waals surface area (Å²) in [6, 6.07) is 0. The van der Waals surface area contributed by atoms with Crippen molar-refractivity contribution in [3.8, 4) is 0 Å². The zero-order valence-corrected chi connectivity index (χ0v) is 7.38. The van der Waals surface area contributed by atoms with Crippen molar-refractivity contribution in [3.63, 3.8) is 0 Å². The molecule has 2 saturated heterocycles. The van der Waals surface area contributed by atoms with E-state index in [0.29, 0.717) is 11.4 Å². The first kappa shape index (κ1) is 6.93.